The van der Waals surface area contributed by atoms with Crippen LogP contribution in [-0.2, 0) is 9.59 Å². The van der Waals surface area contributed by atoms with Crippen LogP contribution in [0.15, 0.2) is 0 Å². The molecule has 0 radical (unpaired) electrons. The normalized spacial score (nSPS) is 10.3. The van der Waals surface area contributed by atoms with E-state index in [9.17, 15) is 19.8 Å². The van der Waals surface area contributed by atoms with Crippen molar-refractivity contribution in [3.8, 4) is 0 Å². The minimum Gasteiger partial charge on any atom is -0.550 e. The molecule has 0 saturated heterocycles. The summed E-state index contributed by atoms with van der Waals surface area (Å²) in [5.41, 5.74) is 0. The van der Waals surface area contributed by atoms with E-state index >= 15 is 0 Å². The Labute approximate surface area is 291 Å². The van der Waals surface area contributed by atoms with Crippen LogP contribution in [0.3, 0.4) is 0 Å². The van der Waals surface area contributed by atoms with Gasteiger partial charge < -0.3 is 24.9 Å². The maximum absolute atomic E-state index is 10.2. The minimum absolute atomic E-state index is 0. The van der Waals surface area contributed by atoms with Crippen molar-refractivity contribution in [2.75, 3.05) is 6.61 Å². The van der Waals surface area contributed by atoms with Crippen LogP contribution in [0.25, 0.3) is 0 Å². The smallest absolute Gasteiger partial charge is 0.550 e. The van der Waals surface area contributed by atoms with Crippen molar-refractivity contribution < 1.29 is 24.9 Å². The average molecular weight is 637 g/mol. The number of hydrogen-bond acceptors (Lipinski definition) is 5. The standard InChI is InChI=1S/2C18H36O2.C2H6O.Mg/c2*1-2-3-4-5-6-7-8-9-10-11-12-13-14-15-16-17-18(19)20;1-2-3;/h2*2-17H2,1H3,(H,19,20);3H,2H2,1H3;/q;;;+2/p-2. The number of aliphatic hydroxyl groups excluding tert-OH is 1. The third-order valence-electron chi connectivity index (χ3n) is 7.97. The van der Waals surface area contributed by atoms with Gasteiger partial charge in [-0.15, -0.1) is 0 Å². The zero-order valence-electron chi connectivity index (χ0n) is 30.1. The van der Waals surface area contributed by atoms with Crippen LogP contribution >= 0.6 is 0 Å². The number of carbonyl (C=O) groups is 2. The van der Waals surface area contributed by atoms with Gasteiger partial charge in [0, 0.05) is 18.5 Å². The van der Waals surface area contributed by atoms with Gasteiger partial charge in [-0.25, -0.2) is 0 Å². The Kier molecular flexibility index (Phi) is 56.9. The Bertz CT molecular complexity index is 471. The van der Waals surface area contributed by atoms with Crippen LogP contribution < -0.4 is 10.2 Å². The molecule has 0 amide bonds. The Morgan fingerprint density at radius 1 is 0.364 bits per heavy atom. The zero-order valence-corrected chi connectivity index (χ0v) is 31.5. The monoisotopic (exact) mass is 637 g/mol. The van der Waals surface area contributed by atoms with Crippen molar-refractivity contribution in [2.24, 2.45) is 0 Å². The van der Waals surface area contributed by atoms with E-state index in [1.165, 1.54) is 167 Å². The molecule has 0 saturated carbocycles. The van der Waals surface area contributed by atoms with Crippen LogP contribution in [-0.4, -0.2) is 46.7 Å². The van der Waals surface area contributed by atoms with E-state index in [1.807, 2.05) is 0 Å². The van der Waals surface area contributed by atoms with E-state index in [-0.39, 0.29) is 42.5 Å². The van der Waals surface area contributed by atoms with Crippen molar-refractivity contribution in [1.29, 1.82) is 0 Å². The van der Waals surface area contributed by atoms with Crippen LogP contribution in [0, 0.1) is 0 Å². The van der Waals surface area contributed by atoms with Gasteiger partial charge in [-0.1, -0.05) is 194 Å². The summed E-state index contributed by atoms with van der Waals surface area (Å²) in [6.07, 6.45) is 39.7. The quantitative estimate of drug-likeness (QED) is 0.0585. The first kappa shape index (κ1) is 50.5. The van der Waals surface area contributed by atoms with Gasteiger partial charge >= 0.3 is 23.1 Å². The summed E-state index contributed by atoms with van der Waals surface area (Å²) >= 11 is 0. The van der Waals surface area contributed by atoms with E-state index in [0.29, 0.717) is 0 Å². The van der Waals surface area contributed by atoms with Crippen LogP contribution in [0.1, 0.15) is 226 Å². The molecule has 44 heavy (non-hydrogen) atoms. The summed E-state index contributed by atoms with van der Waals surface area (Å²) < 4.78 is 0. The number of hydrogen-bond donors (Lipinski definition) is 1. The number of unbranched alkanes of at least 4 members (excludes halogenated alkanes) is 28. The van der Waals surface area contributed by atoms with Gasteiger partial charge in [-0.3, -0.25) is 0 Å². The molecular weight excluding hydrogens is 561 g/mol. The van der Waals surface area contributed by atoms with Gasteiger partial charge in [0.05, 0.1) is 0 Å². The predicted octanol–water partition coefficient (Wildman–Crippen LogP) is 9.61. The largest absolute Gasteiger partial charge is 2.00 e. The molecule has 0 aromatic rings. The van der Waals surface area contributed by atoms with Crippen molar-refractivity contribution in [3.63, 3.8) is 0 Å². The number of aliphatic hydroxyl groups is 1. The van der Waals surface area contributed by atoms with Gasteiger partial charge in [0.25, 0.3) is 0 Å². The average Bonchev–Trinajstić information content (AvgIpc) is 2.97. The molecule has 260 valence electrons. The van der Waals surface area contributed by atoms with Crippen molar-refractivity contribution in [1.82, 2.24) is 0 Å². The summed E-state index contributed by atoms with van der Waals surface area (Å²) in [5, 5.41) is 28.0. The Morgan fingerprint density at radius 3 is 0.636 bits per heavy atom. The number of carboxylic acids is 2. The summed E-state index contributed by atoms with van der Waals surface area (Å²) in [4.78, 5) is 20.4. The van der Waals surface area contributed by atoms with Crippen LogP contribution in [0.4, 0.5) is 0 Å². The SMILES string of the molecule is CCCCCCCCCCCCCCCCCC(=O)[O-].CCCCCCCCCCCCCCCCCC(=O)[O-].CCO.[Mg+2]. The molecule has 0 heterocycles. The third-order valence-corrected chi connectivity index (χ3v) is 7.97. The molecule has 0 aromatic heterocycles. The number of carbonyl (C=O) groups excluding carboxylic acids is 2. The first-order chi connectivity index (χ1) is 21.0. The molecule has 0 aromatic carbocycles. The molecule has 0 rings (SSSR count). The molecule has 6 heteroatoms. The van der Waals surface area contributed by atoms with Crippen LogP contribution in [0.5, 0.6) is 0 Å². The maximum atomic E-state index is 10.2. The third kappa shape index (κ3) is 60.8. The fourth-order valence-corrected chi connectivity index (χ4v) is 5.28. The van der Waals surface area contributed by atoms with E-state index in [2.05, 4.69) is 13.8 Å². The summed E-state index contributed by atoms with van der Waals surface area (Å²) in [7, 11) is 0. The van der Waals surface area contributed by atoms with Gasteiger partial charge in [-0.2, -0.15) is 0 Å². The van der Waals surface area contributed by atoms with E-state index in [4.69, 9.17) is 5.11 Å². The fraction of sp³-hybridized carbons (Fsp3) is 0.947. The molecule has 0 atom stereocenters. The van der Waals surface area contributed by atoms with Crippen LogP contribution in [0.2, 0.25) is 0 Å². The Morgan fingerprint density at radius 2 is 0.500 bits per heavy atom. The topological polar surface area (TPSA) is 100 Å². The minimum atomic E-state index is -0.903. The Hall–Kier alpha value is -0.334. The van der Waals surface area contributed by atoms with Gasteiger partial charge in [-0.05, 0) is 32.6 Å². The van der Waals surface area contributed by atoms with Gasteiger partial charge in [0.1, 0.15) is 0 Å². The summed E-state index contributed by atoms with van der Waals surface area (Å²) in [6, 6.07) is 0. The number of aliphatic carboxylic acids is 2. The van der Waals surface area contributed by atoms with E-state index in [0.717, 1.165) is 25.7 Å². The Balaban J connectivity index is -0.000000326. The number of carboxylic acid groups (broad SMARTS) is 2. The van der Waals surface area contributed by atoms with E-state index < -0.39 is 11.9 Å². The predicted molar refractivity (Wildman–Crippen MR) is 188 cm³/mol. The van der Waals surface area contributed by atoms with E-state index in [1.54, 1.807) is 6.92 Å². The summed E-state index contributed by atoms with van der Waals surface area (Å²) in [5.74, 6) is -1.81. The molecule has 0 aliphatic carbocycles. The second kappa shape index (κ2) is 49.5. The molecular formula is C38H76MgO5. The second-order valence-electron chi connectivity index (χ2n) is 12.5. The fourth-order valence-electron chi connectivity index (χ4n) is 5.28. The number of rotatable bonds is 32. The van der Waals surface area contributed by atoms with Crippen molar-refractivity contribution in [3.05, 3.63) is 0 Å². The molecule has 0 bridgehead atoms. The molecule has 1 N–H and O–H groups in total. The zero-order chi connectivity index (χ0) is 32.5. The molecule has 5 nitrogen and oxygen atoms in total. The molecule has 0 unspecified atom stereocenters. The van der Waals surface area contributed by atoms with Gasteiger partial charge in [0.2, 0.25) is 0 Å². The van der Waals surface area contributed by atoms with Crippen molar-refractivity contribution >= 4 is 35.0 Å². The molecule has 0 fully saturated rings. The maximum Gasteiger partial charge on any atom is 2.00 e. The molecule has 0 spiro atoms. The first-order valence-electron chi connectivity index (χ1n) is 19.0. The first-order valence-corrected chi connectivity index (χ1v) is 19.0. The molecule has 0 aliphatic heterocycles. The second-order valence-corrected chi connectivity index (χ2v) is 12.5. The van der Waals surface area contributed by atoms with Crippen molar-refractivity contribution in [2.45, 2.75) is 226 Å². The van der Waals surface area contributed by atoms with Gasteiger partial charge in [0.15, 0.2) is 0 Å². The molecule has 0 aliphatic rings. The summed E-state index contributed by atoms with van der Waals surface area (Å²) in [6.45, 7) is 6.47.